The summed E-state index contributed by atoms with van der Waals surface area (Å²) in [6, 6.07) is 24.7. The predicted molar refractivity (Wildman–Crippen MR) is 214 cm³/mol. The Kier molecular flexibility index (Phi) is 16.4. The van der Waals surface area contributed by atoms with E-state index in [0.29, 0.717) is 55.3 Å². The van der Waals surface area contributed by atoms with Crippen molar-refractivity contribution in [3.8, 4) is 0 Å². The van der Waals surface area contributed by atoms with Crippen molar-refractivity contribution in [2.45, 2.75) is 89.5 Å². The number of likely N-dealkylation sites (tertiary alicyclic amines) is 1. The number of carbonyl (C=O) groups excluding carboxylic acids is 5. The standard InChI is InChI=1S/C43H54N6O8/c1-55-39(51)28-45-37(27-31-13-5-2-6-14-31)40(52)47-36-20-12-11-19-34(36)21-22-38(50)46-35-23-25-48(26-24-35)41(44)49(42(53)56-29-32-15-7-3-8-16-32)43(54)57-30-33-17-9-4-10-18-33/h3-4,7-12,15-20,31,35,37,44-45H,2,5-6,13-14,21-30H2,1H3,(H,46,50)(H,47,52)/t37-/m1/s1. The molecule has 1 aliphatic heterocycles. The number of piperidine rings is 1. The maximum atomic E-state index is 13.5. The molecule has 0 bridgehead atoms. The minimum atomic E-state index is -1.02. The molecular formula is C43H54N6O8. The van der Waals surface area contributed by atoms with Gasteiger partial charge in [0.05, 0.1) is 19.7 Å². The molecule has 14 nitrogen and oxygen atoms in total. The monoisotopic (exact) mass is 782 g/mol. The largest absolute Gasteiger partial charge is 0.468 e. The molecule has 0 radical (unpaired) electrons. The number of hydrogen-bond donors (Lipinski definition) is 4. The molecule has 5 rings (SSSR count). The highest BCUT2D eigenvalue weighted by molar-refractivity contribution is 6.06. The first-order valence-electron chi connectivity index (χ1n) is 19.7. The molecule has 3 aromatic rings. The lowest BCUT2D eigenvalue weighted by atomic mass is 9.84. The van der Waals surface area contributed by atoms with E-state index in [1.807, 2.05) is 60.7 Å². The number of anilines is 1. The van der Waals surface area contributed by atoms with Gasteiger partial charge in [0.15, 0.2) is 0 Å². The van der Waals surface area contributed by atoms with Gasteiger partial charge in [0.2, 0.25) is 17.8 Å². The summed E-state index contributed by atoms with van der Waals surface area (Å²) in [5.74, 6) is -0.789. The number of carbonyl (C=O) groups is 5. The number of hydrogen-bond acceptors (Lipinski definition) is 10. The number of ether oxygens (including phenoxy) is 3. The van der Waals surface area contributed by atoms with Gasteiger partial charge in [-0.15, -0.1) is 4.90 Å². The van der Waals surface area contributed by atoms with Crippen LogP contribution >= 0.6 is 0 Å². The van der Waals surface area contributed by atoms with E-state index < -0.39 is 24.2 Å². The van der Waals surface area contributed by atoms with Crippen LogP contribution in [0.4, 0.5) is 15.3 Å². The van der Waals surface area contributed by atoms with Gasteiger partial charge < -0.3 is 29.7 Å². The molecule has 1 aliphatic carbocycles. The van der Waals surface area contributed by atoms with Gasteiger partial charge in [0.25, 0.3) is 0 Å². The molecule has 1 heterocycles. The summed E-state index contributed by atoms with van der Waals surface area (Å²) in [6.07, 6.45) is 5.71. The lowest BCUT2D eigenvalue weighted by Crippen LogP contribution is -2.54. The Morgan fingerprint density at radius 2 is 1.37 bits per heavy atom. The van der Waals surface area contributed by atoms with Crippen molar-refractivity contribution in [1.82, 2.24) is 20.4 Å². The normalized spacial score (nSPS) is 15.1. The quantitative estimate of drug-likeness (QED) is 0.0605. The number of benzene rings is 3. The lowest BCUT2D eigenvalue weighted by molar-refractivity contribution is -0.139. The van der Waals surface area contributed by atoms with Gasteiger partial charge in [-0.2, -0.15) is 0 Å². The van der Waals surface area contributed by atoms with Gasteiger partial charge in [0, 0.05) is 31.2 Å². The highest BCUT2D eigenvalue weighted by Crippen LogP contribution is 2.28. The second kappa shape index (κ2) is 22.1. The number of imide groups is 1. The molecule has 0 aromatic heterocycles. The third-order valence-electron chi connectivity index (χ3n) is 10.4. The second-order valence-electron chi connectivity index (χ2n) is 14.5. The second-order valence-corrected chi connectivity index (χ2v) is 14.5. The molecule has 0 unspecified atom stereocenters. The van der Waals surface area contributed by atoms with Crippen LogP contribution in [0.2, 0.25) is 0 Å². The fraction of sp³-hybridized carbons (Fsp3) is 0.442. The average Bonchev–Trinajstić information content (AvgIpc) is 3.24. The molecule has 2 fully saturated rings. The minimum Gasteiger partial charge on any atom is -0.468 e. The van der Waals surface area contributed by atoms with Gasteiger partial charge in [-0.25, -0.2) is 9.59 Å². The summed E-state index contributed by atoms with van der Waals surface area (Å²) >= 11 is 0. The first-order valence-corrected chi connectivity index (χ1v) is 19.7. The predicted octanol–water partition coefficient (Wildman–Crippen LogP) is 6.15. The van der Waals surface area contributed by atoms with Gasteiger partial charge in [-0.05, 0) is 54.4 Å². The summed E-state index contributed by atoms with van der Waals surface area (Å²) in [5.41, 5.74) is 2.88. The van der Waals surface area contributed by atoms with E-state index in [9.17, 15) is 24.0 Å². The van der Waals surface area contributed by atoms with E-state index in [1.54, 1.807) is 29.2 Å². The number of rotatable bonds is 15. The first kappa shape index (κ1) is 42.4. The molecular weight excluding hydrogens is 729 g/mol. The van der Waals surface area contributed by atoms with Crippen LogP contribution in [0, 0.1) is 11.3 Å². The molecule has 14 heteroatoms. The number of aryl methyl sites for hydroxylation is 1. The smallest absolute Gasteiger partial charge is 0.426 e. The van der Waals surface area contributed by atoms with Gasteiger partial charge in [-0.1, -0.05) is 111 Å². The Morgan fingerprint density at radius 1 is 0.789 bits per heavy atom. The van der Waals surface area contributed by atoms with Gasteiger partial charge in [-0.3, -0.25) is 25.1 Å². The van der Waals surface area contributed by atoms with Crippen LogP contribution in [0.15, 0.2) is 84.9 Å². The van der Waals surface area contributed by atoms with E-state index in [4.69, 9.17) is 19.6 Å². The Bertz CT molecular complexity index is 1740. The number of para-hydroxylation sites is 1. The zero-order valence-corrected chi connectivity index (χ0v) is 32.6. The number of nitrogens with one attached hydrogen (secondary N) is 4. The maximum Gasteiger partial charge on any atom is 0.426 e. The van der Waals surface area contributed by atoms with Crippen molar-refractivity contribution < 1.29 is 38.2 Å². The molecule has 2 aliphatic rings. The van der Waals surface area contributed by atoms with Crippen LogP contribution in [0.1, 0.15) is 74.5 Å². The number of amides is 4. The Balaban J connectivity index is 1.12. The summed E-state index contributed by atoms with van der Waals surface area (Å²) in [5, 5.41) is 18.1. The zero-order chi connectivity index (χ0) is 40.4. The Hall–Kier alpha value is -5.76. The fourth-order valence-electron chi connectivity index (χ4n) is 7.14. The van der Waals surface area contributed by atoms with Crippen LogP contribution in [0.3, 0.4) is 0 Å². The third-order valence-corrected chi connectivity index (χ3v) is 10.4. The molecule has 304 valence electrons. The van der Waals surface area contributed by atoms with Crippen molar-refractivity contribution in [2.75, 3.05) is 32.1 Å². The van der Waals surface area contributed by atoms with Crippen LogP contribution in [0.5, 0.6) is 0 Å². The third kappa shape index (κ3) is 13.4. The number of methoxy groups -OCH3 is 1. The molecule has 0 spiro atoms. The van der Waals surface area contributed by atoms with E-state index in [2.05, 4.69) is 16.0 Å². The van der Waals surface area contributed by atoms with E-state index in [-0.39, 0.29) is 50.0 Å². The first-order chi connectivity index (χ1) is 27.7. The van der Waals surface area contributed by atoms with Crippen LogP contribution in [-0.2, 0) is 48.2 Å². The maximum absolute atomic E-state index is 13.5. The van der Waals surface area contributed by atoms with Crippen LogP contribution in [0.25, 0.3) is 0 Å². The lowest BCUT2D eigenvalue weighted by Gasteiger charge is -2.36. The molecule has 1 saturated carbocycles. The molecule has 57 heavy (non-hydrogen) atoms. The highest BCUT2D eigenvalue weighted by Gasteiger charge is 2.35. The number of esters is 1. The number of guanidine groups is 1. The fourth-order valence-corrected chi connectivity index (χ4v) is 7.14. The van der Waals surface area contributed by atoms with Gasteiger partial charge in [0.1, 0.15) is 13.2 Å². The van der Waals surface area contributed by atoms with Crippen LogP contribution in [-0.4, -0.2) is 84.6 Å². The Labute approximate surface area is 334 Å². The summed E-state index contributed by atoms with van der Waals surface area (Å²) in [4.78, 5) is 67.3. The van der Waals surface area contributed by atoms with Crippen molar-refractivity contribution in [1.29, 1.82) is 5.41 Å². The highest BCUT2D eigenvalue weighted by atomic mass is 16.6. The topological polar surface area (TPSA) is 179 Å². The zero-order valence-electron chi connectivity index (χ0n) is 32.6. The van der Waals surface area contributed by atoms with Gasteiger partial charge >= 0.3 is 18.2 Å². The molecule has 1 saturated heterocycles. The van der Waals surface area contributed by atoms with Crippen molar-refractivity contribution in [3.63, 3.8) is 0 Å². The molecule has 1 atom stereocenters. The SMILES string of the molecule is COC(=O)CN[C@H](CC1CCCCC1)C(=O)Nc1ccccc1CCC(=O)NC1CCN(C(=N)N(C(=O)OCc2ccccc2)C(=O)OCc2ccccc2)CC1. The van der Waals surface area contributed by atoms with Crippen molar-refractivity contribution in [3.05, 3.63) is 102 Å². The summed E-state index contributed by atoms with van der Waals surface area (Å²) in [7, 11) is 1.32. The van der Waals surface area contributed by atoms with Crippen molar-refractivity contribution >= 4 is 41.6 Å². The van der Waals surface area contributed by atoms with Crippen LogP contribution < -0.4 is 16.0 Å². The molecule has 3 aromatic carbocycles. The summed E-state index contributed by atoms with van der Waals surface area (Å²) < 4.78 is 15.6. The van der Waals surface area contributed by atoms with Crippen molar-refractivity contribution in [2.24, 2.45) is 5.92 Å². The minimum absolute atomic E-state index is 0.0654. The van der Waals surface area contributed by atoms with E-state index in [1.165, 1.54) is 13.5 Å². The molecule has 4 N–H and O–H groups in total. The number of nitrogens with zero attached hydrogens (tertiary/aromatic N) is 2. The van der Waals surface area contributed by atoms with E-state index in [0.717, 1.165) is 42.4 Å². The van der Waals surface area contributed by atoms with E-state index >= 15 is 0 Å². The summed E-state index contributed by atoms with van der Waals surface area (Å²) in [6.45, 7) is 0.368. The average molecular weight is 783 g/mol. The molecule has 4 amide bonds. The Morgan fingerprint density at radius 3 is 1.96 bits per heavy atom.